The fourth-order valence-corrected chi connectivity index (χ4v) is 5.09. The van der Waals surface area contributed by atoms with Gasteiger partial charge in [0.25, 0.3) is 11.1 Å². The molecule has 0 bridgehead atoms. The third kappa shape index (κ3) is 5.76. The summed E-state index contributed by atoms with van der Waals surface area (Å²) in [6, 6.07) is 11.7. The highest BCUT2D eigenvalue weighted by Gasteiger charge is 2.37. The Morgan fingerprint density at radius 2 is 1.80 bits per heavy atom. The molecular formula is C25H23BrN2O6S. The Hall–Kier alpha value is -3.11. The van der Waals surface area contributed by atoms with E-state index in [0.717, 1.165) is 35.9 Å². The summed E-state index contributed by atoms with van der Waals surface area (Å²) in [5.41, 5.74) is 0.946. The minimum atomic E-state index is -0.553. The molecule has 0 aromatic heterocycles. The topological polar surface area (TPSA) is 93.2 Å². The number of methoxy groups -OCH3 is 1. The predicted molar refractivity (Wildman–Crippen MR) is 135 cm³/mol. The summed E-state index contributed by atoms with van der Waals surface area (Å²) < 4.78 is 11.5. The van der Waals surface area contributed by atoms with Crippen LogP contribution in [0.3, 0.4) is 0 Å². The molecule has 3 amide bonds. The minimum absolute atomic E-state index is 0.210. The van der Waals surface area contributed by atoms with E-state index in [1.54, 1.807) is 53.4 Å². The SMILES string of the molecule is COc1cc(/C=C2\SC(=O)N(CC(=O)N3CCCCC3)C2=O)ccc1OC(=O)c1ccccc1Br. The van der Waals surface area contributed by atoms with Gasteiger partial charge in [-0.2, -0.15) is 0 Å². The number of carbonyl (C=O) groups excluding carboxylic acids is 4. The molecule has 0 aliphatic carbocycles. The van der Waals surface area contributed by atoms with E-state index >= 15 is 0 Å². The smallest absolute Gasteiger partial charge is 0.344 e. The van der Waals surface area contributed by atoms with Crippen molar-refractivity contribution in [3.8, 4) is 11.5 Å². The molecule has 35 heavy (non-hydrogen) atoms. The van der Waals surface area contributed by atoms with Crippen LogP contribution in [-0.2, 0) is 9.59 Å². The highest BCUT2D eigenvalue weighted by atomic mass is 79.9. The number of thioether (sulfide) groups is 1. The zero-order valence-electron chi connectivity index (χ0n) is 19.0. The molecule has 2 aliphatic heterocycles. The molecule has 2 aliphatic rings. The van der Waals surface area contributed by atoms with Crippen molar-refractivity contribution in [3.05, 3.63) is 63.0 Å². The van der Waals surface area contributed by atoms with E-state index in [1.807, 2.05) is 0 Å². The van der Waals surface area contributed by atoms with E-state index < -0.39 is 17.1 Å². The molecular weight excluding hydrogens is 536 g/mol. The molecule has 0 N–H and O–H groups in total. The number of ether oxygens (including phenoxy) is 2. The average molecular weight is 559 g/mol. The van der Waals surface area contributed by atoms with Crippen LogP contribution in [-0.4, -0.2) is 59.6 Å². The molecule has 0 unspecified atom stereocenters. The maximum Gasteiger partial charge on any atom is 0.344 e. The monoisotopic (exact) mass is 558 g/mol. The third-order valence-corrected chi connectivity index (χ3v) is 7.26. The van der Waals surface area contributed by atoms with Gasteiger partial charge in [-0.3, -0.25) is 19.3 Å². The van der Waals surface area contributed by atoms with Crippen LogP contribution in [0.15, 0.2) is 51.8 Å². The lowest BCUT2D eigenvalue weighted by molar-refractivity contribution is -0.136. The van der Waals surface area contributed by atoms with Gasteiger partial charge in [-0.25, -0.2) is 4.79 Å². The number of likely N-dealkylation sites (tertiary alicyclic amines) is 1. The second kappa shape index (κ2) is 11.1. The van der Waals surface area contributed by atoms with Crippen LogP contribution in [0.4, 0.5) is 4.79 Å². The number of esters is 1. The predicted octanol–water partition coefficient (Wildman–Crippen LogP) is 4.73. The first-order valence-electron chi connectivity index (χ1n) is 11.1. The summed E-state index contributed by atoms with van der Waals surface area (Å²) in [4.78, 5) is 53.2. The van der Waals surface area contributed by atoms with E-state index in [9.17, 15) is 19.2 Å². The van der Waals surface area contributed by atoms with Crippen LogP contribution < -0.4 is 9.47 Å². The molecule has 10 heteroatoms. The van der Waals surface area contributed by atoms with Gasteiger partial charge in [-0.1, -0.05) is 18.2 Å². The van der Waals surface area contributed by atoms with Crippen LogP contribution in [0.5, 0.6) is 11.5 Å². The number of hydrogen-bond donors (Lipinski definition) is 0. The summed E-state index contributed by atoms with van der Waals surface area (Å²) in [5.74, 6) is -0.771. The first-order valence-corrected chi connectivity index (χ1v) is 12.7. The Morgan fingerprint density at radius 3 is 2.51 bits per heavy atom. The number of amides is 3. The second-order valence-electron chi connectivity index (χ2n) is 7.99. The quantitative estimate of drug-likeness (QED) is 0.287. The van der Waals surface area contributed by atoms with Crippen molar-refractivity contribution in [3.63, 3.8) is 0 Å². The van der Waals surface area contributed by atoms with E-state index in [-0.39, 0.29) is 23.1 Å². The molecule has 0 saturated carbocycles. The first-order chi connectivity index (χ1) is 16.9. The summed E-state index contributed by atoms with van der Waals surface area (Å²) in [6.45, 7) is 1.06. The lowest BCUT2D eigenvalue weighted by Crippen LogP contribution is -2.44. The third-order valence-electron chi connectivity index (χ3n) is 5.66. The fourth-order valence-electron chi connectivity index (χ4n) is 3.81. The lowest BCUT2D eigenvalue weighted by atomic mass is 10.1. The number of rotatable bonds is 6. The molecule has 8 nitrogen and oxygen atoms in total. The molecule has 2 aromatic rings. The molecule has 182 valence electrons. The van der Waals surface area contributed by atoms with E-state index in [4.69, 9.17) is 9.47 Å². The zero-order valence-corrected chi connectivity index (χ0v) is 21.4. The molecule has 0 spiro atoms. The van der Waals surface area contributed by atoms with Crippen molar-refractivity contribution in [2.24, 2.45) is 0 Å². The van der Waals surface area contributed by atoms with Crippen LogP contribution in [0.1, 0.15) is 35.2 Å². The van der Waals surface area contributed by atoms with Gasteiger partial charge in [-0.05, 0) is 82.9 Å². The largest absolute Gasteiger partial charge is 0.493 e. The zero-order chi connectivity index (χ0) is 24.9. The Bertz CT molecular complexity index is 1210. The fraction of sp³-hybridized carbons (Fsp3) is 0.280. The van der Waals surface area contributed by atoms with Crippen LogP contribution in [0.2, 0.25) is 0 Å². The van der Waals surface area contributed by atoms with Gasteiger partial charge in [0, 0.05) is 17.6 Å². The van der Waals surface area contributed by atoms with E-state index in [0.29, 0.717) is 34.4 Å². The summed E-state index contributed by atoms with van der Waals surface area (Å²) in [5, 5.41) is -0.474. The minimum Gasteiger partial charge on any atom is -0.493 e. The van der Waals surface area contributed by atoms with E-state index in [1.165, 1.54) is 7.11 Å². The van der Waals surface area contributed by atoms with Gasteiger partial charge < -0.3 is 14.4 Å². The summed E-state index contributed by atoms with van der Waals surface area (Å²) in [6.07, 6.45) is 4.50. The highest BCUT2D eigenvalue weighted by Crippen LogP contribution is 2.35. The van der Waals surface area contributed by atoms with Gasteiger partial charge in [-0.15, -0.1) is 0 Å². The number of halogens is 1. The van der Waals surface area contributed by atoms with Gasteiger partial charge in [0.2, 0.25) is 5.91 Å². The molecule has 2 heterocycles. The van der Waals surface area contributed by atoms with Crippen molar-refractivity contribution in [2.45, 2.75) is 19.3 Å². The number of nitrogens with zero attached hydrogens (tertiary/aromatic N) is 2. The number of imide groups is 1. The molecule has 2 aromatic carbocycles. The van der Waals surface area contributed by atoms with Crippen LogP contribution in [0.25, 0.3) is 6.08 Å². The second-order valence-corrected chi connectivity index (χ2v) is 9.84. The van der Waals surface area contributed by atoms with Crippen molar-refractivity contribution in [1.82, 2.24) is 9.80 Å². The molecule has 0 atom stereocenters. The Labute approximate surface area is 215 Å². The summed E-state index contributed by atoms with van der Waals surface area (Å²) in [7, 11) is 1.44. The Balaban J connectivity index is 1.47. The maximum atomic E-state index is 12.8. The van der Waals surface area contributed by atoms with Crippen molar-refractivity contribution >= 4 is 56.8 Å². The van der Waals surface area contributed by atoms with Crippen molar-refractivity contribution in [2.75, 3.05) is 26.7 Å². The number of hydrogen-bond acceptors (Lipinski definition) is 7. The Kier molecular flexibility index (Phi) is 7.92. The van der Waals surface area contributed by atoms with E-state index in [2.05, 4.69) is 15.9 Å². The van der Waals surface area contributed by atoms with Crippen molar-refractivity contribution in [1.29, 1.82) is 0 Å². The van der Waals surface area contributed by atoms with Gasteiger partial charge in [0.05, 0.1) is 17.6 Å². The standard InChI is InChI=1S/C25H23BrN2O6S/c1-33-20-13-16(9-10-19(20)34-24(31)17-7-3-4-8-18(17)26)14-21-23(30)28(25(32)35-21)15-22(29)27-11-5-2-6-12-27/h3-4,7-10,13-14H,2,5-6,11-12,15H2,1H3/b21-14-. The molecule has 2 fully saturated rings. The molecule has 2 saturated heterocycles. The normalized spacial score (nSPS) is 17.1. The maximum absolute atomic E-state index is 12.8. The van der Waals surface area contributed by atoms with Crippen molar-refractivity contribution < 1.29 is 28.7 Å². The number of benzene rings is 2. The summed E-state index contributed by atoms with van der Waals surface area (Å²) >= 11 is 4.12. The molecule has 4 rings (SSSR count). The average Bonchev–Trinajstić information content (AvgIpc) is 3.12. The molecule has 0 radical (unpaired) electrons. The van der Waals surface area contributed by atoms with Gasteiger partial charge in [0.15, 0.2) is 11.5 Å². The van der Waals surface area contributed by atoms with Gasteiger partial charge in [0.1, 0.15) is 6.54 Å². The van der Waals surface area contributed by atoms with Gasteiger partial charge >= 0.3 is 5.97 Å². The highest BCUT2D eigenvalue weighted by molar-refractivity contribution is 9.10. The first kappa shape index (κ1) is 25.0. The van der Waals surface area contributed by atoms with Crippen LogP contribution >= 0.6 is 27.7 Å². The number of piperidine rings is 1. The van der Waals surface area contributed by atoms with Crippen LogP contribution in [0, 0.1) is 0 Å². The lowest BCUT2D eigenvalue weighted by Gasteiger charge is -2.27. The Morgan fingerprint density at radius 1 is 1.06 bits per heavy atom. The number of carbonyl (C=O) groups is 4.